The van der Waals surface area contributed by atoms with E-state index in [1.807, 2.05) is 6.92 Å². The molecule has 1 heterocycles. The Kier molecular flexibility index (Phi) is 15.2. The first kappa shape index (κ1) is 52.2. The van der Waals surface area contributed by atoms with E-state index in [2.05, 4.69) is 58.8 Å². The minimum absolute atomic E-state index is 0.000880. The maximum absolute atomic E-state index is 14.0. The van der Waals surface area contributed by atoms with Crippen LogP contribution in [0.3, 0.4) is 0 Å². The van der Waals surface area contributed by atoms with Gasteiger partial charge in [0.2, 0.25) is 0 Å². The average Bonchev–Trinajstić information content (AvgIpc) is 3.25. The van der Waals surface area contributed by atoms with Gasteiger partial charge in [0, 0.05) is 64.6 Å². The quantitative estimate of drug-likeness (QED) is 0.0617. The van der Waals surface area contributed by atoms with Crippen LogP contribution in [0, 0.1) is 57.2 Å². The molecule has 8 rings (SSSR count). The van der Waals surface area contributed by atoms with Crippen LogP contribution in [-0.4, -0.2) is 66.0 Å². The topological polar surface area (TPSA) is 272 Å². The van der Waals surface area contributed by atoms with Crippen LogP contribution in [0.15, 0.2) is 79.0 Å². The number of nitrogens with one attached hydrogen (secondary N) is 1. The van der Waals surface area contributed by atoms with Gasteiger partial charge in [0.1, 0.15) is 28.8 Å². The van der Waals surface area contributed by atoms with E-state index in [0.717, 1.165) is 44.9 Å². The number of pyridine rings is 1. The number of hydrogen-bond donors (Lipinski definition) is 9. The van der Waals surface area contributed by atoms with Crippen LogP contribution in [0.1, 0.15) is 148 Å². The standard InChI is InChI=1S/C28H36N2O4.C21H31NO3.C6H6N2O2/c1-16-22(30-26(34)17-6-8-19(29)9-7-17)15-23-27(2,3)10-5-11-28(23,4)24(16)25(33)18-12-20(31)14-21(32)13-18;1-12-16(22)11-17-20(2,3)6-5-7-21(17,4)18(12)19(25)13-8-14(23)10-15(24)9-13;7-5-2-1-4(3-8-5)6(9)10/h6-9,12-14,16,22-24,31-32H,5,10-11,15,29H2,1-4H3,(H,30,34);8-10,12,16-18,23-24H,5-7,11,22H2,1-4H3;1-3H,(H2,7,8)(H,9,10)/t16-,22-,23+,24-,28+;12-,16-,17+,18-,21+;/m11./s1. The number of phenolic OH excluding ortho intramolecular Hbond substituents is 4. The third kappa shape index (κ3) is 11.0. The summed E-state index contributed by atoms with van der Waals surface area (Å²) >= 11 is 0. The van der Waals surface area contributed by atoms with E-state index >= 15 is 0 Å². The normalized spacial score (nSPS) is 29.8. The Balaban J connectivity index is 0.000000195. The van der Waals surface area contributed by atoms with E-state index in [-0.39, 0.29) is 109 Å². The lowest BCUT2D eigenvalue weighted by molar-refractivity contribution is -0.0902. The Hall–Kier alpha value is -6.15. The number of aromatic hydroxyl groups is 4. The largest absolute Gasteiger partial charge is 0.508 e. The fraction of sp³-hybridized carbons (Fsp3) is 0.509. The molecule has 0 unspecified atom stereocenters. The maximum atomic E-state index is 14.0. The molecule has 0 saturated heterocycles. The zero-order chi connectivity index (χ0) is 51.0. The van der Waals surface area contributed by atoms with E-state index in [9.17, 15) is 39.6 Å². The number of nitrogen functional groups attached to an aromatic ring is 2. The summed E-state index contributed by atoms with van der Waals surface area (Å²) in [6.07, 6.45) is 9.36. The van der Waals surface area contributed by atoms with Gasteiger partial charge in [-0.3, -0.25) is 14.4 Å². The Morgan fingerprint density at radius 3 is 1.46 bits per heavy atom. The number of Topliss-reactive ketones (excluding diaryl/α,β-unsaturated/α-hetero) is 2. The molecule has 12 N–H and O–H groups in total. The van der Waals surface area contributed by atoms with Gasteiger partial charge in [-0.1, -0.05) is 68.2 Å². The van der Waals surface area contributed by atoms with Crippen LogP contribution in [0.2, 0.25) is 0 Å². The van der Waals surface area contributed by atoms with Gasteiger partial charge >= 0.3 is 5.97 Å². The number of ketones is 2. The Morgan fingerprint density at radius 2 is 1.03 bits per heavy atom. The number of fused-ring (bicyclic) bond motifs is 2. The van der Waals surface area contributed by atoms with E-state index in [4.69, 9.17) is 22.3 Å². The number of carbonyl (C=O) groups excluding carboxylic acids is 3. The van der Waals surface area contributed by atoms with Crippen molar-refractivity contribution in [1.82, 2.24) is 10.3 Å². The van der Waals surface area contributed by atoms with Crippen molar-refractivity contribution in [2.45, 2.75) is 119 Å². The molecule has 0 radical (unpaired) electrons. The SMILES string of the molecule is C[C@@H]1[C@H](N)C[C@H]2C(C)(C)CCC[C@]2(C)[C@H]1C(=O)c1cc(O)cc(O)c1.C[C@@H]1[C@H](NC(=O)c2ccc(N)cc2)C[C@H]2C(C)(C)CCC[C@]2(C)[C@H]1C(=O)c1cc(O)cc(O)c1.Nc1ccc(C(=O)O)cn1. The smallest absolute Gasteiger partial charge is 0.337 e. The van der Waals surface area contributed by atoms with Gasteiger partial charge < -0.3 is 48.1 Å². The molecule has 372 valence electrons. The first-order chi connectivity index (χ1) is 32.2. The third-order valence-corrected chi connectivity index (χ3v) is 16.8. The molecule has 3 aromatic carbocycles. The predicted octanol–water partition coefficient (Wildman–Crippen LogP) is 9.61. The molecule has 4 aliphatic rings. The van der Waals surface area contributed by atoms with E-state index in [0.29, 0.717) is 34.1 Å². The Morgan fingerprint density at radius 1 is 0.594 bits per heavy atom. The van der Waals surface area contributed by atoms with Gasteiger partial charge in [0.05, 0.1) is 5.56 Å². The molecule has 14 nitrogen and oxygen atoms in total. The summed E-state index contributed by atoms with van der Waals surface area (Å²) in [6.45, 7) is 17.8. The molecule has 4 saturated carbocycles. The molecule has 10 atom stereocenters. The Bertz CT molecular complexity index is 2490. The third-order valence-electron chi connectivity index (χ3n) is 16.8. The van der Waals surface area contributed by atoms with Crippen molar-refractivity contribution in [2.24, 2.45) is 62.9 Å². The molecule has 1 amide bonds. The number of carboxylic acids is 1. The number of phenols is 4. The number of nitrogens with two attached hydrogens (primary N) is 3. The van der Waals surface area contributed by atoms with Crippen molar-refractivity contribution in [3.8, 4) is 23.0 Å². The minimum Gasteiger partial charge on any atom is -0.508 e. The molecule has 0 aliphatic heterocycles. The number of aromatic carboxylic acids is 1. The highest BCUT2D eigenvalue weighted by molar-refractivity contribution is 6.00. The summed E-state index contributed by atoms with van der Waals surface area (Å²) in [5, 5.41) is 51.3. The first-order valence-corrected chi connectivity index (χ1v) is 24.2. The van der Waals surface area contributed by atoms with Crippen LogP contribution < -0.4 is 22.5 Å². The van der Waals surface area contributed by atoms with Crippen molar-refractivity contribution in [3.05, 3.63) is 101 Å². The number of carboxylic acid groups (broad SMARTS) is 1. The summed E-state index contributed by atoms with van der Waals surface area (Å²) in [7, 11) is 0. The van der Waals surface area contributed by atoms with Crippen molar-refractivity contribution >= 4 is 34.9 Å². The molecule has 14 heteroatoms. The lowest BCUT2D eigenvalue weighted by atomic mass is 9.45. The average molecular weight is 948 g/mol. The first-order valence-electron chi connectivity index (χ1n) is 24.2. The highest BCUT2D eigenvalue weighted by Crippen LogP contribution is 2.63. The second kappa shape index (κ2) is 20.1. The molecule has 4 aromatic rings. The van der Waals surface area contributed by atoms with Gasteiger partial charge in [-0.05, 0) is 145 Å². The summed E-state index contributed by atoms with van der Waals surface area (Å²) in [5.41, 5.74) is 19.3. The molecule has 4 aliphatic carbocycles. The zero-order valence-corrected chi connectivity index (χ0v) is 41.3. The highest BCUT2D eigenvalue weighted by Gasteiger charge is 2.60. The number of benzene rings is 3. The molecule has 4 fully saturated rings. The number of aromatic nitrogens is 1. The predicted molar refractivity (Wildman–Crippen MR) is 267 cm³/mol. The fourth-order valence-corrected chi connectivity index (χ4v) is 13.4. The van der Waals surface area contributed by atoms with Crippen molar-refractivity contribution < 1.29 is 44.7 Å². The van der Waals surface area contributed by atoms with Crippen molar-refractivity contribution in [3.63, 3.8) is 0 Å². The number of amides is 1. The minimum atomic E-state index is -0.993. The van der Waals surface area contributed by atoms with Gasteiger partial charge in [-0.25, -0.2) is 9.78 Å². The van der Waals surface area contributed by atoms with Gasteiger partial charge in [0.15, 0.2) is 11.6 Å². The molecule has 69 heavy (non-hydrogen) atoms. The fourth-order valence-electron chi connectivity index (χ4n) is 13.4. The van der Waals surface area contributed by atoms with Crippen LogP contribution >= 0.6 is 0 Å². The van der Waals surface area contributed by atoms with Gasteiger partial charge in [-0.15, -0.1) is 0 Å². The lowest BCUT2D eigenvalue weighted by Crippen LogP contribution is -2.60. The maximum Gasteiger partial charge on any atom is 0.337 e. The van der Waals surface area contributed by atoms with Gasteiger partial charge in [-0.2, -0.15) is 0 Å². The summed E-state index contributed by atoms with van der Waals surface area (Å²) < 4.78 is 0. The second-order valence-corrected chi connectivity index (χ2v) is 22.3. The summed E-state index contributed by atoms with van der Waals surface area (Å²) in [4.78, 5) is 54.4. The van der Waals surface area contributed by atoms with Gasteiger partial charge in [0.25, 0.3) is 5.91 Å². The molecule has 1 aromatic heterocycles. The number of carbonyl (C=O) groups is 4. The van der Waals surface area contributed by atoms with E-state index in [1.165, 1.54) is 61.1 Å². The second-order valence-electron chi connectivity index (χ2n) is 22.3. The van der Waals surface area contributed by atoms with Crippen LogP contribution in [-0.2, 0) is 0 Å². The van der Waals surface area contributed by atoms with Crippen LogP contribution in [0.4, 0.5) is 11.5 Å². The van der Waals surface area contributed by atoms with Crippen molar-refractivity contribution in [2.75, 3.05) is 11.5 Å². The van der Waals surface area contributed by atoms with E-state index in [1.54, 1.807) is 24.3 Å². The highest BCUT2D eigenvalue weighted by atomic mass is 16.4. The summed E-state index contributed by atoms with van der Waals surface area (Å²) in [5.74, 6) is -1.31. The molecular formula is C55H73N5O9. The summed E-state index contributed by atoms with van der Waals surface area (Å²) in [6, 6.07) is 17.8. The Labute approximate surface area is 406 Å². The number of hydrogen-bond acceptors (Lipinski definition) is 12. The molecule has 0 bridgehead atoms. The zero-order valence-electron chi connectivity index (χ0n) is 41.3. The number of nitrogens with zero attached hydrogens (tertiary/aromatic N) is 1. The number of rotatable bonds is 7. The van der Waals surface area contributed by atoms with E-state index < -0.39 is 5.97 Å². The lowest BCUT2D eigenvalue weighted by Gasteiger charge is -2.60. The van der Waals surface area contributed by atoms with Crippen LogP contribution in [0.25, 0.3) is 0 Å². The monoisotopic (exact) mass is 948 g/mol. The number of anilines is 2. The van der Waals surface area contributed by atoms with Crippen LogP contribution in [0.5, 0.6) is 23.0 Å². The molecule has 0 spiro atoms. The van der Waals surface area contributed by atoms with Crippen molar-refractivity contribution in [1.29, 1.82) is 0 Å². The molecular weight excluding hydrogens is 875 g/mol.